The van der Waals surface area contributed by atoms with Crippen molar-refractivity contribution in [3.8, 4) is 11.3 Å². The molecule has 2 aromatic heterocycles. The Morgan fingerprint density at radius 2 is 1.58 bits per heavy atom. The van der Waals surface area contributed by atoms with E-state index in [9.17, 15) is 0 Å². The van der Waals surface area contributed by atoms with Crippen molar-refractivity contribution in [3.05, 3.63) is 84.1 Å². The van der Waals surface area contributed by atoms with Gasteiger partial charge < -0.3 is 0 Å². The third kappa shape index (κ3) is 2.72. The molecule has 0 unspecified atom stereocenters. The standard InChI is InChI=1S/C21H18N2S/c1-15-10-12-18(13-11-15)24-21-19(17-8-4-3-5-9-17)22-20-16(2)7-6-14-23(20)21/h3-14H,1-2H3. The van der Waals surface area contributed by atoms with Gasteiger partial charge in [0.25, 0.3) is 0 Å². The SMILES string of the molecule is Cc1ccc(Sc2c(-c3ccccc3)nc3c(C)cccn23)cc1. The molecule has 0 saturated heterocycles. The summed E-state index contributed by atoms with van der Waals surface area (Å²) in [4.78, 5) is 6.16. The van der Waals surface area contributed by atoms with Crippen LogP contribution >= 0.6 is 11.8 Å². The zero-order valence-corrected chi connectivity index (χ0v) is 14.5. The fourth-order valence-corrected chi connectivity index (χ4v) is 3.78. The minimum atomic E-state index is 1.02. The van der Waals surface area contributed by atoms with Crippen LogP contribution in [0.25, 0.3) is 16.9 Å². The molecule has 0 aliphatic rings. The van der Waals surface area contributed by atoms with Gasteiger partial charge in [0.15, 0.2) is 0 Å². The van der Waals surface area contributed by atoms with Gasteiger partial charge in [0.05, 0.1) is 0 Å². The number of fused-ring (bicyclic) bond motifs is 1. The Hall–Kier alpha value is -2.52. The normalized spacial score (nSPS) is 11.1. The van der Waals surface area contributed by atoms with Gasteiger partial charge in [-0.3, -0.25) is 4.40 Å². The molecule has 0 saturated carbocycles. The number of pyridine rings is 1. The molecule has 2 nitrogen and oxygen atoms in total. The lowest BCUT2D eigenvalue weighted by Gasteiger charge is -2.06. The number of hydrogen-bond acceptors (Lipinski definition) is 2. The van der Waals surface area contributed by atoms with Gasteiger partial charge in [0.1, 0.15) is 16.4 Å². The summed E-state index contributed by atoms with van der Waals surface area (Å²) in [6.07, 6.45) is 2.10. The average molecular weight is 330 g/mol. The third-order valence-corrected chi connectivity index (χ3v) is 5.18. The lowest BCUT2D eigenvalue weighted by molar-refractivity contribution is 1.04. The third-order valence-electron chi connectivity index (χ3n) is 4.08. The summed E-state index contributed by atoms with van der Waals surface area (Å²) in [5, 5.41) is 1.16. The fraction of sp³-hybridized carbons (Fsp3) is 0.0952. The molecule has 2 heterocycles. The van der Waals surface area contributed by atoms with E-state index in [1.165, 1.54) is 16.0 Å². The number of nitrogens with zero attached hydrogens (tertiary/aromatic N) is 2. The van der Waals surface area contributed by atoms with E-state index in [1.54, 1.807) is 11.8 Å². The molecule has 0 radical (unpaired) electrons. The molecule has 0 spiro atoms. The van der Waals surface area contributed by atoms with Crippen LogP contribution in [0, 0.1) is 13.8 Å². The number of rotatable bonds is 3. The van der Waals surface area contributed by atoms with Crippen LogP contribution in [0.3, 0.4) is 0 Å². The van der Waals surface area contributed by atoms with Crippen molar-refractivity contribution in [2.75, 3.05) is 0 Å². The number of aryl methyl sites for hydroxylation is 2. The van der Waals surface area contributed by atoms with Crippen LogP contribution in [0.2, 0.25) is 0 Å². The van der Waals surface area contributed by atoms with Gasteiger partial charge in [0, 0.05) is 16.7 Å². The first-order chi connectivity index (χ1) is 11.7. The van der Waals surface area contributed by atoms with Crippen molar-refractivity contribution in [2.24, 2.45) is 0 Å². The number of hydrogen-bond donors (Lipinski definition) is 0. The fourth-order valence-electron chi connectivity index (χ4n) is 2.78. The van der Waals surface area contributed by atoms with Crippen LogP contribution in [0.1, 0.15) is 11.1 Å². The Balaban J connectivity index is 1.91. The Morgan fingerprint density at radius 3 is 2.33 bits per heavy atom. The van der Waals surface area contributed by atoms with Gasteiger partial charge in [-0.05, 0) is 37.6 Å². The summed E-state index contributed by atoms with van der Waals surface area (Å²) in [5.41, 5.74) is 5.67. The molecule has 0 N–H and O–H groups in total. The lowest BCUT2D eigenvalue weighted by atomic mass is 10.2. The molecule has 0 aliphatic heterocycles. The summed E-state index contributed by atoms with van der Waals surface area (Å²) in [6.45, 7) is 4.22. The van der Waals surface area contributed by atoms with Crippen LogP contribution in [-0.4, -0.2) is 9.38 Å². The van der Waals surface area contributed by atoms with Crippen molar-refractivity contribution >= 4 is 17.4 Å². The Morgan fingerprint density at radius 1 is 0.833 bits per heavy atom. The van der Waals surface area contributed by atoms with E-state index in [0.29, 0.717) is 0 Å². The Kier molecular flexibility index (Phi) is 3.87. The minimum absolute atomic E-state index is 1.02. The van der Waals surface area contributed by atoms with E-state index in [1.807, 2.05) is 6.07 Å². The molecule has 118 valence electrons. The first kappa shape index (κ1) is 15.0. The van der Waals surface area contributed by atoms with E-state index < -0.39 is 0 Å². The lowest BCUT2D eigenvalue weighted by Crippen LogP contribution is -1.89. The average Bonchev–Trinajstić information content (AvgIpc) is 2.98. The van der Waals surface area contributed by atoms with Crippen LogP contribution in [0.15, 0.2) is 82.8 Å². The van der Waals surface area contributed by atoms with E-state index in [4.69, 9.17) is 4.98 Å². The molecule has 4 aromatic rings. The zero-order valence-electron chi connectivity index (χ0n) is 13.7. The van der Waals surface area contributed by atoms with Gasteiger partial charge >= 0.3 is 0 Å². The molecule has 0 amide bonds. The summed E-state index contributed by atoms with van der Waals surface area (Å²) < 4.78 is 2.20. The van der Waals surface area contributed by atoms with E-state index in [2.05, 4.69) is 85.1 Å². The van der Waals surface area contributed by atoms with Crippen LogP contribution in [0.5, 0.6) is 0 Å². The molecular formula is C21H18N2S. The Labute approximate surface area is 146 Å². The highest BCUT2D eigenvalue weighted by atomic mass is 32.2. The molecule has 0 atom stereocenters. The maximum Gasteiger partial charge on any atom is 0.141 e. The maximum atomic E-state index is 4.94. The largest absolute Gasteiger partial charge is 0.294 e. The highest BCUT2D eigenvalue weighted by Crippen LogP contribution is 2.37. The zero-order chi connectivity index (χ0) is 16.5. The molecule has 24 heavy (non-hydrogen) atoms. The van der Waals surface area contributed by atoms with E-state index >= 15 is 0 Å². The topological polar surface area (TPSA) is 17.3 Å². The van der Waals surface area contributed by atoms with Crippen LogP contribution < -0.4 is 0 Å². The maximum absolute atomic E-state index is 4.94. The van der Waals surface area contributed by atoms with Crippen molar-refractivity contribution in [2.45, 2.75) is 23.8 Å². The highest BCUT2D eigenvalue weighted by Gasteiger charge is 2.16. The van der Waals surface area contributed by atoms with E-state index in [0.717, 1.165) is 21.9 Å². The first-order valence-corrected chi connectivity index (χ1v) is 8.81. The van der Waals surface area contributed by atoms with Crippen LogP contribution in [-0.2, 0) is 0 Å². The predicted molar refractivity (Wildman–Crippen MR) is 101 cm³/mol. The minimum Gasteiger partial charge on any atom is -0.294 e. The molecule has 0 aliphatic carbocycles. The van der Waals surface area contributed by atoms with Crippen molar-refractivity contribution < 1.29 is 0 Å². The van der Waals surface area contributed by atoms with Gasteiger partial charge in [-0.2, -0.15) is 0 Å². The summed E-state index contributed by atoms with van der Waals surface area (Å²) in [5.74, 6) is 0. The summed E-state index contributed by atoms with van der Waals surface area (Å²) in [7, 11) is 0. The second-order valence-electron chi connectivity index (χ2n) is 5.93. The second-order valence-corrected chi connectivity index (χ2v) is 6.99. The molecule has 3 heteroatoms. The second kappa shape index (κ2) is 6.17. The number of aromatic nitrogens is 2. The van der Waals surface area contributed by atoms with Gasteiger partial charge in [-0.15, -0.1) is 0 Å². The number of benzene rings is 2. The monoisotopic (exact) mass is 330 g/mol. The quantitative estimate of drug-likeness (QED) is 0.474. The smallest absolute Gasteiger partial charge is 0.141 e. The summed E-state index contributed by atoms with van der Waals surface area (Å²) >= 11 is 1.76. The van der Waals surface area contributed by atoms with Gasteiger partial charge in [-0.25, -0.2) is 4.98 Å². The highest BCUT2D eigenvalue weighted by molar-refractivity contribution is 7.99. The van der Waals surface area contributed by atoms with Crippen molar-refractivity contribution in [1.82, 2.24) is 9.38 Å². The molecule has 4 rings (SSSR count). The van der Waals surface area contributed by atoms with Crippen LogP contribution in [0.4, 0.5) is 0 Å². The van der Waals surface area contributed by atoms with Gasteiger partial charge in [0.2, 0.25) is 0 Å². The molecule has 0 fully saturated rings. The first-order valence-electron chi connectivity index (χ1n) is 8.00. The van der Waals surface area contributed by atoms with Gasteiger partial charge in [-0.1, -0.05) is 65.9 Å². The Bertz CT molecular complexity index is 986. The van der Waals surface area contributed by atoms with Crippen molar-refractivity contribution in [1.29, 1.82) is 0 Å². The molecular weight excluding hydrogens is 312 g/mol. The molecule has 2 aromatic carbocycles. The van der Waals surface area contributed by atoms with E-state index in [-0.39, 0.29) is 0 Å². The van der Waals surface area contributed by atoms with Crippen molar-refractivity contribution in [3.63, 3.8) is 0 Å². The number of imidazole rings is 1. The summed E-state index contributed by atoms with van der Waals surface area (Å²) in [6, 6.07) is 23.2. The molecule has 0 bridgehead atoms. The predicted octanol–water partition coefficient (Wildman–Crippen LogP) is 5.77.